The Kier molecular flexibility index (Phi) is 2.75. The Morgan fingerprint density at radius 3 is 2.22 bits per heavy atom. The molecule has 6 heteroatoms. The monoisotopic (exact) mass is 260 g/mol. The standard InChI is InChI=1S/C12H20O6/c1-11(2)14-5-6-7(16-11)8-9(10(13)15-6)18-12(3,4)17-8/h6-10,13H,5H2,1-4H3/t6?,7-,8-,9?,10?/m0/s1. The van der Waals surface area contributed by atoms with E-state index in [0.29, 0.717) is 6.61 Å². The molecule has 104 valence electrons. The van der Waals surface area contributed by atoms with Gasteiger partial charge < -0.3 is 28.8 Å². The minimum Gasteiger partial charge on any atom is -0.366 e. The minimum atomic E-state index is -1.01. The summed E-state index contributed by atoms with van der Waals surface area (Å²) in [5.41, 5.74) is 0. The first-order valence-corrected chi connectivity index (χ1v) is 6.28. The molecule has 3 fully saturated rings. The molecule has 0 aromatic heterocycles. The molecule has 6 nitrogen and oxygen atoms in total. The molecule has 0 aromatic rings. The third-order valence-corrected chi connectivity index (χ3v) is 3.46. The fraction of sp³-hybridized carbons (Fsp3) is 1.00. The van der Waals surface area contributed by atoms with Gasteiger partial charge in [0.25, 0.3) is 0 Å². The van der Waals surface area contributed by atoms with E-state index in [9.17, 15) is 5.11 Å². The number of aliphatic hydroxyl groups is 1. The molecule has 0 amide bonds. The van der Waals surface area contributed by atoms with E-state index in [2.05, 4.69) is 0 Å². The molecule has 0 aromatic carbocycles. The van der Waals surface area contributed by atoms with Crippen LogP contribution in [0.25, 0.3) is 0 Å². The van der Waals surface area contributed by atoms with E-state index in [0.717, 1.165) is 0 Å². The summed E-state index contributed by atoms with van der Waals surface area (Å²) in [5.74, 6) is -1.41. The van der Waals surface area contributed by atoms with Gasteiger partial charge in [-0.3, -0.25) is 0 Å². The number of hydrogen-bond acceptors (Lipinski definition) is 6. The van der Waals surface area contributed by atoms with Crippen LogP contribution in [0, 0.1) is 0 Å². The Morgan fingerprint density at radius 2 is 1.50 bits per heavy atom. The Hall–Kier alpha value is -0.240. The Morgan fingerprint density at radius 1 is 0.889 bits per heavy atom. The van der Waals surface area contributed by atoms with Crippen LogP contribution in [0.15, 0.2) is 0 Å². The van der Waals surface area contributed by atoms with E-state index >= 15 is 0 Å². The summed E-state index contributed by atoms with van der Waals surface area (Å²) in [5, 5.41) is 9.94. The van der Waals surface area contributed by atoms with Crippen LogP contribution >= 0.6 is 0 Å². The fourth-order valence-corrected chi connectivity index (χ4v) is 2.76. The van der Waals surface area contributed by atoms with Crippen LogP contribution in [0.4, 0.5) is 0 Å². The van der Waals surface area contributed by atoms with Crippen LogP contribution in [0.1, 0.15) is 27.7 Å². The second-order valence-electron chi connectivity index (χ2n) is 5.92. The van der Waals surface area contributed by atoms with Crippen molar-refractivity contribution >= 4 is 0 Å². The number of fused-ring (bicyclic) bond motifs is 3. The third-order valence-electron chi connectivity index (χ3n) is 3.46. The highest BCUT2D eigenvalue weighted by Crippen LogP contribution is 2.41. The normalized spacial score (nSPS) is 49.5. The van der Waals surface area contributed by atoms with Gasteiger partial charge in [-0.05, 0) is 27.7 Å². The van der Waals surface area contributed by atoms with Crippen molar-refractivity contribution in [1.29, 1.82) is 0 Å². The molecule has 0 radical (unpaired) electrons. The molecule has 3 aliphatic rings. The van der Waals surface area contributed by atoms with Crippen molar-refractivity contribution in [3.05, 3.63) is 0 Å². The third kappa shape index (κ3) is 2.07. The average molecular weight is 260 g/mol. The second kappa shape index (κ2) is 3.88. The van der Waals surface area contributed by atoms with E-state index in [-0.39, 0.29) is 18.3 Å². The van der Waals surface area contributed by atoms with Gasteiger partial charge in [0.15, 0.2) is 17.9 Å². The van der Waals surface area contributed by atoms with Crippen LogP contribution in [0.5, 0.6) is 0 Å². The van der Waals surface area contributed by atoms with Gasteiger partial charge in [0.2, 0.25) is 0 Å². The van der Waals surface area contributed by atoms with Crippen molar-refractivity contribution in [1.82, 2.24) is 0 Å². The van der Waals surface area contributed by atoms with Gasteiger partial charge in [-0.2, -0.15) is 0 Å². The zero-order valence-corrected chi connectivity index (χ0v) is 11.1. The van der Waals surface area contributed by atoms with Gasteiger partial charge in [-0.25, -0.2) is 0 Å². The summed E-state index contributed by atoms with van der Waals surface area (Å²) in [7, 11) is 0. The number of hydrogen-bond donors (Lipinski definition) is 1. The molecule has 3 heterocycles. The highest BCUT2D eigenvalue weighted by Gasteiger charge is 2.58. The lowest BCUT2D eigenvalue weighted by Gasteiger charge is -2.47. The second-order valence-corrected chi connectivity index (χ2v) is 5.92. The molecule has 0 aliphatic carbocycles. The molecule has 1 N–H and O–H groups in total. The Labute approximate surface area is 106 Å². The first-order chi connectivity index (χ1) is 8.27. The van der Waals surface area contributed by atoms with Gasteiger partial charge in [0, 0.05) is 0 Å². The largest absolute Gasteiger partial charge is 0.366 e. The van der Waals surface area contributed by atoms with E-state index in [1.54, 1.807) is 0 Å². The molecule has 3 unspecified atom stereocenters. The van der Waals surface area contributed by atoms with Crippen LogP contribution in [0.2, 0.25) is 0 Å². The maximum absolute atomic E-state index is 9.94. The van der Waals surface area contributed by atoms with E-state index in [4.69, 9.17) is 23.7 Å². The zero-order chi connectivity index (χ0) is 13.1. The van der Waals surface area contributed by atoms with Gasteiger partial charge >= 0.3 is 0 Å². The molecular weight excluding hydrogens is 240 g/mol. The first kappa shape index (κ1) is 12.8. The summed E-state index contributed by atoms with van der Waals surface area (Å²) in [6.07, 6.45) is -2.48. The van der Waals surface area contributed by atoms with Crippen molar-refractivity contribution < 1.29 is 28.8 Å². The summed E-state index contributed by atoms with van der Waals surface area (Å²) in [6, 6.07) is 0. The highest BCUT2D eigenvalue weighted by molar-refractivity contribution is 4.98. The lowest BCUT2D eigenvalue weighted by Crippen LogP contribution is -2.63. The summed E-state index contributed by atoms with van der Waals surface area (Å²) in [6.45, 7) is 7.71. The van der Waals surface area contributed by atoms with Crippen molar-refractivity contribution in [2.75, 3.05) is 6.61 Å². The van der Waals surface area contributed by atoms with E-state index < -0.39 is 24.0 Å². The van der Waals surface area contributed by atoms with E-state index in [1.165, 1.54) is 0 Å². The average Bonchev–Trinajstić information content (AvgIpc) is 2.56. The predicted molar refractivity (Wildman–Crippen MR) is 59.6 cm³/mol. The van der Waals surface area contributed by atoms with Crippen LogP contribution < -0.4 is 0 Å². The number of aliphatic hydroxyl groups excluding tert-OH is 1. The predicted octanol–water partition coefficient (Wildman–Crippen LogP) is 0.375. The van der Waals surface area contributed by atoms with Crippen LogP contribution in [-0.4, -0.2) is 54.0 Å². The number of ether oxygens (including phenoxy) is 5. The van der Waals surface area contributed by atoms with Crippen molar-refractivity contribution in [3.63, 3.8) is 0 Å². The van der Waals surface area contributed by atoms with E-state index in [1.807, 2.05) is 27.7 Å². The molecule has 0 spiro atoms. The zero-order valence-electron chi connectivity index (χ0n) is 11.1. The smallest absolute Gasteiger partial charge is 0.184 e. The fourth-order valence-electron chi connectivity index (χ4n) is 2.76. The summed E-state index contributed by atoms with van der Waals surface area (Å²) >= 11 is 0. The van der Waals surface area contributed by atoms with Crippen LogP contribution in [0.3, 0.4) is 0 Å². The molecule has 5 atom stereocenters. The van der Waals surface area contributed by atoms with Crippen LogP contribution in [-0.2, 0) is 23.7 Å². The maximum Gasteiger partial charge on any atom is 0.184 e. The SMILES string of the molecule is CC1(C)OC2C(O)OC3COC(C)(C)O[C@@H]3[C@@H]2O1. The molecule has 0 bridgehead atoms. The number of rotatable bonds is 0. The molecule has 3 saturated heterocycles. The molecular formula is C12H20O6. The van der Waals surface area contributed by atoms with Gasteiger partial charge in [-0.1, -0.05) is 0 Å². The van der Waals surface area contributed by atoms with Gasteiger partial charge in [0.05, 0.1) is 6.61 Å². The van der Waals surface area contributed by atoms with Gasteiger partial charge in [0.1, 0.15) is 24.4 Å². The van der Waals surface area contributed by atoms with Crippen molar-refractivity contribution in [2.45, 2.75) is 70.0 Å². The van der Waals surface area contributed by atoms with Crippen molar-refractivity contribution in [2.24, 2.45) is 0 Å². The summed E-state index contributed by atoms with van der Waals surface area (Å²) in [4.78, 5) is 0. The highest BCUT2D eigenvalue weighted by atomic mass is 16.8. The molecule has 0 saturated carbocycles. The summed E-state index contributed by atoms with van der Waals surface area (Å²) < 4.78 is 28.4. The lowest BCUT2D eigenvalue weighted by atomic mass is 9.98. The lowest BCUT2D eigenvalue weighted by molar-refractivity contribution is -0.365. The molecule has 3 aliphatic heterocycles. The maximum atomic E-state index is 9.94. The van der Waals surface area contributed by atoms with Crippen molar-refractivity contribution in [3.8, 4) is 0 Å². The molecule has 18 heavy (non-hydrogen) atoms. The Bertz CT molecular complexity index is 341. The Balaban J connectivity index is 1.84. The minimum absolute atomic E-state index is 0.288. The van der Waals surface area contributed by atoms with Gasteiger partial charge in [-0.15, -0.1) is 0 Å². The molecule has 3 rings (SSSR count). The quantitative estimate of drug-likeness (QED) is 0.679. The topological polar surface area (TPSA) is 66.4 Å². The first-order valence-electron chi connectivity index (χ1n) is 6.28.